The van der Waals surface area contributed by atoms with Gasteiger partial charge in [-0.15, -0.1) is 0 Å². The molecule has 0 unspecified atom stereocenters. The second-order valence-corrected chi connectivity index (χ2v) is 17.8. The summed E-state index contributed by atoms with van der Waals surface area (Å²) in [7, 11) is -3.26. The van der Waals surface area contributed by atoms with Gasteiger partial charge < -0.3 is 8.85 Å². The molecule has 0 bridgehead atoms. The number of rotatable bonds is 4. The largest absolute Gasteiger partial charge is 0.412 e. The van der Waals surface area contributed by atoms with Crippen molar-refractivity contribution in [3.05, 3.63) is 47.5 Å². The first-order valence-corrected chi connectivity index (χ1v) is 15.8. The Morgan fingerprint density at radius 2 is 1.42 bits per heavy atom. The number of hydrogen-bond acceptors (Lipinski definition) is 2. The predicted molar refractivity (Wildman–Crippen MR) is 108 cm³/mol. The fraction of sp³-hybridized carbons (Fsp3) is 0.500. The molecule has 1 aliphatic rings. The van der Waals surface area contributed by atoms with Crippen LogP contribution in [0.1, 0.15) is 23.7 Å². The van der Waals surface area contributed by atoms with E-state index in [0.29, 0.717) is 0 Å². The molecule has 2 aromatic rings. The molecule has 0 radical (unpaired) electrons. The summed E-state index contributed by atoms with van der Waals surface area (Å²) in [5.74, 6) is 0. The molecule has 130 valence electrons. The first-order chi connectivity index (χ1) is 11.1. The fourth-order valence-corrected chi connectivity index (χ4v) is 5.72. The lowest BCUT2D eigenvalue weighted by Gasteiger charge is -2.40. The Morgan fingerprint density at radius 1 is 0.833 bits per heavy atom. The zero-order chi connectivity index (χ0) is 17.5. The molecule has 0 saturated heterocycles. The molecule has 2 atom stereocenters. The topological polar surface area (TPSA) is 18.5 Å². The van der Waals surface area contributed by atoms with Crippen LogP contribution in [-0.2, 0) is 15.3 Å². The summed E-state index contributed by atoms with van der Waals surface area (Å²) in [5, 5.41) is 2.63. The summed E-state index contributed by atoms with van der Waals surface area (Å²) in [6, 6.07) is 13.3. The van der Waals surface area contributed by atoms with Gasteiger partial charge in [0.2, 0.25) is 0 Å². The van der Waals surface area contributed by atoms with E-state index in [2.05, 4.69) is 75.7 Å². The van der Waals surface area contributed by atoms with Crippen molar-refractivity contribution in [2.75, 3.05) is 0 Å². The van der Waals surface area contributed by atoms with Crippen LogP contribution in [0.3, 0.4) is 0 Å². The Labute approximate surface area is 148 Å². The van der Waals surface area contributed by atoms with Crippen LogP contribution in [0.5, 0.6) is 0 Å². The molecule has 0 fully saturated rings. The van der Waals surface area contributed by atoms with Crippen molar-refractivity contribution >= 4 is 27.4 Å². The summed E-state index contributed by atoms with van der Waals surface area (Å²) < 4.78 is 13.2. The maximum absolute atomic E-state index is 6.65. The molecule has 24 heavy (non-hydrogen) atoms. The average molecular weight is 359 g/mol. The van der Waals surface area contributed by atoms with Crippen molar-refractivity contribution in [2.45, 2.75) is 64.3 Å². The van der Waals surface area contributed by atoms with Gasteiger partial charge in [-0.1, -0.05) is 30.3 Å². The predicted octanol–water partition coefficient (Wildman–Crippen LogP) is 5.90. The lowest BCUT2D eigenvalue weighted by Crippen LogP contribution is -2.42. The van der Waals surface area contributed by atoms with Gasteiger partial charge in [-0.2, -0.15) is 0 Å². The standard InChI is InChI=1S/C20H30O2Si2/c1-23(2,3)21-19-12-11-17-13-15-9-7-8-10-16(15)14-18(17)20(19)22-24(4,5)6/h7-10,13-14,19-20H,11-12H2,1-6H3/t19-,20-/m1/s1. The number of hydrogen-bond donors (Lipinski definition) is 0. The molecule has 0 aliphatic heterocycles. The Bertz CT molecular complexity index is 728. The lowest BCUT2D eigenvalue weighted by molar-refractivity contribution is 0.0304. The van der Waals surface area contributed by atoms with E-state index in [1.807, 2.05) is 0 Å². The molecule has 0 aromatic heterocycles. The molecule has 4 heteroatoms. The van der Waals surface area contributed by atoms with E-state index >= 15 is 0 Å². The van der Waals surface area contributed by atoms with Crippen LogP contribution in [0.2, 0.25) is 39.3 Å². The smallest absolute Gasteiger partial charge is 0.184 e. The summed E-state index contributed by atoms with van der Waals surface area (Å²) in [5.41, 5.74) is 2.79. The average Bonchev–Trinajstić information content (AvgIpc) is 2.45. The molecule has 0 heterocycles. The van der Waals surface area contributed by atoms with Gasteiger partial charge in [0.15, 0.2) is 16.6 Å². The second kappa shape index (κ2) is 6.41. The van der Waals surface area contributed by atoms with E-state index < -0.39 is 16.6 Å². The molecule has 0 spiro atoms. The van der Waals surface area contributed by atoms with Crippen LogP contribution in [0.25, 0.3) is 10.8 Å². The van der Waals surface area contributed by atoms with E-state index in [-0.39, 0.29) is 12.2 Å². The Balaban J connectivity index is 2.05. The maximum Gasteiger partial charge on any atom is 0.184 e. The van der Waals surface area contributed by atoms with Crippen LogP contribution < -0.4 is 0 Å². The van der Waals surface area contributed by atoms with Gasteiger partial charge >= 0.3 is 0 Å². The Hall–Kier alpha value is -0.946. The van der Waals surface area contributed by atoms with Gasteiger partial charge in [0.25, 0.3) is 0 Å². The van der Waals surface area contributed by atoms with Crippen molar-refractivity contribution in [3.8, 4) is 0 Å². The van der Waals surface area contributed by atoms with Crippen LogP contribution in [0.4, 0.5) is 0 Å². The van der Waals surface area contributed by atoms with Crippen LogP contribution in [-0.4, -0.2) is 22.7 Å². The number of aryl methyl sites for hydroxylation is 1. The summed E-state index contributed by atoms with van der Waals surface area (Å²) in [6.07, 6.45) is 2.42. The lowest BCUT2D eigenvalue weighted by atomic mass is 9.85. The molecular formula is C20H30O2Si2. The van der Waals surface area contributed by atoms with Crippen molar-refractivity contribution in [1.29, 1.82) is 0 Å². The first kappa shape index (κ1) is 17.9. The van der Waals surface area contributed by atoms with E-state index in [4.69, 9.17) is 8.85 Å². The van der Waals surface area contributed by atoms with Crippen molar-refractivity contribution < 1.29 is 8.85 Å². The summed E-state index contributed by atoms with van der Waals surface area (Å²) in [6.45, 7) is 13.6. The monoisotopic (exact) mass is 358 g/mol. The van der Waals surface area contributed by atoms with Crippen molar-refractivity contribution in [1.82, 2.24) is 0 Å². The van der Waals surface area contributed by atoms with Gasteiger partial charge in [0, 0.05) is 0 Å². The van der Waals surface area contributed by atoms with Crippen LogP contribution >= 0.6 is 0 Å². The minimum absolute atomic E-state index is 0.0803. The zero-order valence-corrected chi connectivity index (χ0v) is 17.8. The van der Waals surface area contributed by atoms with Gasteiger partial charge in [-0.05, 0) is 80.1 Å². The summed E-state index contributed by atoms with van der Waals surface area (Å²) >= 11 is 0. The molecule has 2 nitrogen and oxygen atoms in total. The van der Waals surface area contributed by atoms with Crippen molar-refractivity contribution in [3.63, 3.8) is 0 Å². The highest BCUT2D eigenvalue weighted by atomic mass is 28.4. The highest BCUT2D eigenvalue weighted by Gasteiger charge is 2.37. The molecule has 0 N–H and O–H groups in total. The number of benzene rings is 2. The van der Waals surface area contributed by atoms with Gasteiger partial charge in [-0.3, -0.25) is 0 Å². The second-order valence-electron chi connectivity index (χ2n) is 8.86. The molecular weight excluding hydrogens is 328 g/mol. The molecule has 2 aromatic carbocycles. The van der Waals surface area contributed by atoms with E-state index in [1.165, 1.54) is 21.9 Å². The molecule has 0 saturated carbocycles. The highest BCUT2D eigenvalue weighted by molar-refractivity contribution is 6.70. The zero-order valence-electron chi connectivity index (χ0n) is 15.8. The van der Waals surface area contributed by atoms with Crippen LogP contribution in [0.15, 0.2) is 36.4 Å². The van der Waals surface area contributed by atoms with Crippen molar-refractivity contribution in [2.24, 2.45) is 0 Å². The SMILES string of the molecule is C[Si](C)(C)O[C@@H]1c2cc3ccccc3cc2CC[C@H]1O[Si](C)(C)C. The van der Waals surface area contributed by atoms with E-state index in [0.717, 1.165) is 12.8 Å². The minimum Gasteiger partial charge on any atom is -0.412 e. The Kier molecular flexibility index (Phi) is 4.77. The van der Waals surface area contributed by atoms with Gasteiger partial charge in [-0.25, -0.2) is 0 Å². The normalized spacial score (nSPS) is 21.8. The Morgan fingerprint density at radius 3 is 2.00 bits per heavy atom. The first-order valence-electron chi connectivity index (χ1n) is 9.00. The molecule has 0 amide bonds. The number of fused-ring (bicyclic) bond motifs is 2. The third kappa shape index (κ3) is 4.17. The van der Waals surface area contributed by atoms with Gasteiger partial charge in [0.1, 0.15) is 0 Å². The van der Waals surface area contributed by atoms with E-state index in [1.54, 1.807) is 0 Å². The highest BCUT2D eigenvalue weighted by Crippen LogP contribution is 2.39. The van der Waals surface area contributed by atoms with Gasteiger partial charge in [0.05, 0.1) is 12.2 Å². The van der Waals surface area contributed by atoms with E-state index in [9.17, 15) is 0 Å². The molecule has 3 rings (SSSR count). The summed E-state index contributed by atoms with van der Waals surface area (Å²) in [4.78, 5) is 0. The third-order valence-electron chi connectivity index (χ3n) is 4.34. The maximum atomic E-state index is 6.65. The quantitative estimate of drug-likeness (QED) is 0.634. The van der Waals surface area contributed by atoms with Crippen LogP contribution in [0, 0.1) is 0 Å². The minimum atomic E-state index is -1.66. The third-order valence-corrected chi connectivity index (χ3v) is 6.31. The fourth-order valence-electron chi connectivity index (χ4n) is 3.53. The molecule has 1 aliphatic carbocycles.